The van der Waals surface area contributed by atoms with Crippen LogP contribution in [-0.2, 0) is 11.0 Å². The third-order valence-electron chi connectivity index (χ3n) is 3.63. The summed E-state index contributed by atoms with van der Waals surface area (Å²) in [5, 5.41) is 2.42. The number of halogens is 4. The molecule has 2 aromatic heterocycles. The lowest BCUT2D eigenvalue weighted by Crippen LogP contribution is -2.27. The Morgan fingerprint density at radius 3 is 2.68 bits per heavy atom. The van der Waals surface area contributed by atoms with E-state index in [1.54, 1.807) is 6.92 Å². The van der Waals surface area contributed by atoms with E-state index >= 15 is 0 Å². The van der Waals surface area contributed by atoms with E-state index in [1.807, 2.05) is 0 Å². The van der Waals surface area contributed by atoms with Crippen molar-refractivity contribution in [2.24, 2.45) is 4.99 Å². The van der Waals surface area contributed by atoms with Crippen molar-refractivity contribution in [2.75, 3.05) is 5.32 Å². The van der Waals surface area contributed by atoms with E-state index in [0.29, 0.717) is 12.2 Å². The zero-order valence-electron chi connectivity index (χ0n) is 14.5. The summed E-state index contributed by atoms with van der Waals surface area (Å²) < 4.78 is 56.4. The SMILES string of the molecule is CC1CC(Oc2ccc(C(F)(F)F)nc2)=CC(C(=O)Nc2cc(F)ccn2)=N1. The van der Waals surface area contributed by atoms with Gasteiger partial charge in [-0.05, 0) is 25.1 Å². The Hall–Kier alpha value is -3.30. The molecule has 6 nitrogen and oxygen atoms in total. The molecule has 0 aromatic carbocycles. The van der Waals surface area contributed by atoms with Crippen LogP contribution in [-0.4, -0.2) is 27.6 Å². The van der Waals surface area contributed by atoms with Crippen LogP contribution in [0.4, 0.5) is 23.4 Å². The number of dihydropyridines is 1. The number of ether oxygens (including phenoxy) is 1. The van der Waals surface area contributed by atoms with Gasteiger partial charge in [0.05, 0.1) is 12.2 Å². The molecule has 0 aliphatic carbocycles. The lowest BCUT2D eigenvalue weighted by atomic mass is 10.1. The third kappa shape index (κ3) is 4.90. The van der Waals surface area contributed by atoms with Crippen LogP contribution in [0, 0.1) is 5.82 Å². The lowest BCUT2D eigenvalue weighted by molar-refractivity contribution is -0.141. The Labute approximate surface area is 157 Å². The summed E-state index contributed by atoms with van der Waals surface area (Å²) in [5.74, 6) is -0.718. The number of aromatic nitrogens is 2. The largest absolute Gasteiger partial charge is 0.460 e. The summed E-state index contributed by atoms with van der Waals surface area (Å²) in [6, 6.07) is 3.84. The van der Waals surface area contributed by atoms with Crippen LogP contribution in [0.15, 0.2) is 53.5 Å². The summed E-state index contributed by atoms with van der Waals surface area (Å²) >= 11 is 0. The quantitative estimate of drug-likeness (QED) is 0.801. The van der Waals surface area contributed by atoms with Gasteiger partial charge in [0, 0.05) is 24.8 Å². The van der Waals surface area contributed by atoms with Crippen LogP contribution < -0.4 is 10.1 Å². The first-order chi connectivity index (χ1) is 13.2. The molecule has 3 heterocycles. The second-order valence-corrected chi connectivity index (χ2v) is 5.97. The van der Waals surface area contributed by atoms with Crippen LogP contribution in [0.5, 0.6) is 5.75 Å². The maximum atomic E-state index is 13.2. The summed E-state index contributed by atoms with van der Waals surface area (Å²) in [6.07, 6.45) is -0.670. The van der Waals surface area contributed by atoms with Gasteiger partial charge in [0.25, 0.3) is 5.91 Å². The molecule has 0 saturated heterocycles. The van der Waals surface area contributed by atoms with E-state index < -0.39 is 23.6 Å². The fourth-order valence-corrected chi connectivity index (χ4v) is 2.43. The molecule has 0 bridgehead atoms. The van der Waals surface area contributed by atoms with Gasteiger partial charge in [0.2, 0.25) is 0 Å². The highest BCUT2D eigenvalue weighted by atomic mass is 19.4. The molecule has 1 N–H and O–H groups in total. The average Bonchev–Trinajstić information content (AvgIpc) is 2.61. The van der Waals surface area contributed by atoms with Crippen molar-refractivity contribution in [2.45, 2.75) is 25.6 Å². The molecular formula is C18H14F4N4O2. The lowest BCUT2D eigenvalue weighted by Gasteiger charge is -2.18. The van der Waals surface area contributed by atoms with E-state index in [0.717, 1.165) is 30.5 Å². The number of nitrogens with one attached hydrogen (secondary N) is 1. The van der Waals surface area contributed by atoms with Crippen LogP contribution in [0.1, 0.15) is 19.0 Å². The predicted octanol–water partition coefficient (Wildman–Crippen LogP) is 3.77. The number of pyridine rings is 2. The van der Waals surface area contributed by atoms with Gasteiger partial charge in [-0.2, -0.15) is 13.2 Å². The number of alkyl halides is 3. The number of anilines is 1. The fourth-order valence-electron chi connectivity index (χ4n) is 2.43. The topological polar surface area (TPSA) is 76.5 Å². The number of aliphatic imine (C=N–C) groups is 1. The van der Waals surface area contributed by atoms with Gasteiger partial charge in [-0.15, -0.1) is 0 Å². The van der Waals surface area contributed by atoms with Crippen molar-refractivity contribution in [1.29, 1.82) is 0 Å². The average molecular weight is 394 g/mol. The van der Waals surface area contributed by atoms with Crippen molar-refractivity contribution in [1.82, 2.24) is 9.97 Å². The van der Waals surface area contributed by atoms with E-state index in [2.05, 4.69) is 20.3 Å². The number of amides is 1. The smallest absolute Gasteiger partial charge is 0.433 e. The van der Waals surface area contributed by atoms with E-state index in [9.17, 15) is 22.4 Å². The van der Waals surface area contributed by atoms with Crippen molar-refractivity contribution in [3.05, 3.63) is 60.0 Å². The van der Waals surface area contributed by atoms with Crippen LogP contribution in [0.2, 0.25) is 0 Å². The molecule has 0 spiro atoms. The molecule has 3 rings (SSSR count). The second-order valence-electron chi connectivity index (χ2n) is 5.97. The Morgan fingerprint density at radius 2 is 2.04 bits per heavy atom. The third-order valence-corrected chi connectivity index (χ3v) is 3.63. The summed E-state index contributed by atoms with van der Waals surface area (Å²) in [5.41, 5.74) is -1.00. The molecule has 146 valence electrons. The Morgan fingerprint density at radius 1 is 1.25 bits per heavy atom. The Bertz CT molecular complexity index is 939. The monoisotopic (exact) mass is 394 g/mol. The molecule has 10 heteroatoms. The van der Waals surface area contributed by atoms with E-state index in [-0.39, 0.29) is 23.3 Å². The zero-order valence-corrected chi connectivity index (χ0v) is 14.5. The molecule has 28 heavy (non-hydrogen) atoms. The van der Waals surface area contributed by atoms with Gasteiger partial charge in [-0.3, -0.25) is 9.79 Å². The molecular weight excluding hydrogens is 380 g/mol. The van der Waals surface area contributed by atoms with Crippen molar-refractivity contribution in [3.63, 3.8) is 0 Å². The van der Waals surface area contributed by atoms with Gasteiger partial charge in [-0.25, -0.2) is 14.4 Å². The van der Waals surface area contributed by atoms with Crippen LogP contribution in [0.3, 0.4) is 0 Å². The number of rotatable bonds is 4. The molecule has 1 aliphatic heterocycles. The maximum Gasteiger partial charge on any atom is 0.433 e. The highest BCUT2D eigenvalue weighted by Crippen LogP contribution is 2.29. The minimum absolute atomic E-state index is 0.0220. The summed E-state index contributed by atoms with van der Waals surface area (Å²) in [6.45, 7) is 1.75. The highest BCUT2D eigenvalue weighted by molar-refractivity contribution is 6.47. The Balaban J connectivity index is 1.73. The number of nitrogens with zero attached hydrogens (tertiary/aromatic N) is 3. The van der Waals surface area contributed by atoms with Crippen LogP contribution in [0.25, 0.3) is 0 Å². The minimum Gasteiger partial charge on any atom is -0.460 e. The molecule has 2 aromatic rings. The molecule has 1 unspecified atom stereocenters. The van der Waals surface area contributed by atoms with Crippen molar-refractivity contribution < 1.29 is 27.1 Å². The summed E-state index contributed by atoms with van der Waals surface area (Å²) in [4.78, 5) is 23.7. The van der Waals surface area contributed by atoms with Gasteiger partial charge in [-0.1, -0.05) is 0 Å². The highest BCUT2D eigenvalue weighted by Gasteiger charge is 2.32. The molecule has 0 fully saturated rings. The second kappa shape index (κ2) is 7.75. The normalized spacial score (nSPS) is 16.8. The predicted molar refractivity (Wildman–Crippen MR) is 92.3 cm³/mol. The molecule has 1 amide bonds. The van der Waals surface area contributed by atoms with Gasteiger partial charge in [0.1, 0.15) is 34.5 Å². The maximum absolute atomic E-state index is 13.2. The molecule has 1 aliphatic rings. The number of carbonyl (C=O) groups is 1. The number of hydrogen-bond donors (Lipinski definition) is 1. The van der Waals surface area contributed by atoms with E-state index in [1.165, 1.54) is 12.3 Å². The number of hydrogen-bond acceptors (Lipinski definition) is 5. The first-order valence-electron chi connectivity index (χ1n) is 8.13. The molecule has 0 saturated carbocycles. The fraction of sp³-hybridized carbons (Fsp3) is 0.222. The van der Waals surface area contributed by atoms with Gasteiger partial charge in [0.15, 0.2) is 0 Å². The first kappa shape index (κ1) is 19.5. The summed E-state index contributed by atoms with van der Waals surface area (Å²) in [7, 11) is 0. The van der Waals surface area contributed by atoms with Crippen molar-refractivity contribution in [3.8, 4) is 5.75 Å². The van der Waals surface area contributed by atoms with Gasteiger partial charge >= 0.3 is 6.18 Å². The zero-order chi connectivity index (χ0) is 20.3. The standard InChI is InChI=1S/C18H14F4N4O2/c1-10-6-13(28-12-2-3-15(24-9-12)18(20,21)22)8-14(25-10)17(27)26-16-7-11(19)4-5-23-16/h2-5,7-10H,6H2,1H3,(H,23,26,27). The van der Waals surface area contributed by atoms with Crippen molar-refractivity contribution >= 4 is 17.4 Å². The molecule has 1 atom stereocenters. The molecule has 0 radical (unpaired) electrons. The van der Waals surface area contributed by atoms with Gasteiger partial charge < -0.3 is 10.1 Å². The Kier molecular flexibility index (Phi) is 5.39. The minimum atomic E-state index is -4.54. The number of carbonyl (C=O) groups excluding carboxylic acids is 1. The van der Waals surface area contributed by atoms with Crippen LogP contribution >= 0.6 is 0 Å². The van der Waals surface area contributed by atoms with E-state index in [4.69, 9.17) is 4.74 Å². The first-order valence-corrected chi connectivity index (χ1v) is 8.13.